The average Bonchev–Trinajstić information content (AvgIpc) is 3.26. The van der Waals surface area contributed by atoms with Gasteiger partial charge < -0.3 is 20.1 Å². The highest BCUT2D eigenvalue weighted by Crippen LogP contribution is 2.19. The Labute approximate surface area is 173 Å². The zero-order valence-electron chi connectivity index (χ0n) is 16.6. The Bertz CT molecular complexity index is 991. The number of rotatable bonds is 9. The molecule has 156 valence electrons. The molecule has 0 spiro atoms. The number of halogens is 1. The third-order valence-electron chi connectivity index (χ3n) is 4.47. The minimum atomic E-state index is -0.490. The fourth-order valence-corrected chi connectivity index (χ4v) is 2.86. The Morgan fingerprint density at radius 2 is 1.80 bits per heavy atom. The average molecular weight is 410 g/mol. The first kappa shape index (κ1) is 21.0. The number of hydrogen-bond donors (Lipinski definition) is 2. The summed E-state index contributed by atoms with van der Waals surface area (Å²) in [4.78, 5) is 25.9. The second-order valence-electron chi connectivity index (χ2n) is 6.70. The van der Waals surface area contributed by atoms with Gasteiger partial charge in [0.25, 0.3) is 5.91 Å². The minimum Gasteiger partial charge on any atom is -0.372 e. The highest BCUT2D eigenvalue weighted by atomic mass is 19.1. The summed E-state index contributed by atoms with van der Waals surface area (Å²) in [5.41, 5.74) is 1.42. The minimum absolute atomic E-state index is 0.105. The zero-order chi connectivity index (χ0) is 21.3. The molecule has 2 amide bonds. The van der Waals surface area contributed by atoms with Crippen LogP contribution < -0.4 is 15.5 Å². The van der Waals surface area contributed by atoms with Crippen molar-refractivity contribution in [2.24, 2.45) is 0 Å². The molecule has 0 bridgehead atoms. The number of para-hydroxylation sites is 1. The molecule has 0 saturated carbocycles. The van der Waals surface area contributed by atoms with Crippen molar-refractivity contribution in [1.82, 2.24) is 15.8 Å². The SMILES string of the molecule is CN(CCCNC(=O)CNC(=O)c1cc(-c2ccccc2)on1)c1ccccc1F. The summed E-state index contributed by atoms with van der Waals surface area (Å²) in [6, 6.07) is 17.3. The number of benzene rings is 2. The van der Waals surface area contributed by atoms with E-state index < -0.39 is 5.91 Å². The van der Waals surface area contributed by atoms with Gasteiger partial charge in [-0.1, -0.05) is 47.6 Å². The number of nitrogens with one attached hydrogen (secondary N) is 2. The summed E-state index contributed by atoms with van der Waals surface area (Å²) >= 11 is 0. The van der Waals surface area contributed by atoms with E-state index in [1.807, 2.05) is 30.3 Å². The number of aromatic nitrogens is 1. The van der Waals surface area contributed by atoms with Crippen LogP contribution in [0.15, 0.2) is 65.2 Å². The van der Waals surface area contributed by atoms with Gasteiger partial charge in [-0.3, -0.25) is 9.59 Å². The lowest BCUT2D eigenvalue weighted by atomic mass is 10.1. The molecule has 2 N–H and O–H groups in total. The zero-order valence-corrected chi connectivity index (χ0v) is 16.6. The molecule has 3 aromatic rings. The van der Waals surface area contributed by atoms with Crippen molar-refractivity contribution in [3.05, 3.63) is 72.2 Å². The predicted octanol–water partition coefficient (Wildman–Crippen LogP) is 2.85. The van der Waals surface area contributed by atoms with E-state index in [0.717, 1.165) is 5.56 Å². The van der Waals surface area contributed by atoms with Gasteiger partial charge in [0.05, 0.1) is 12.2 Å². The lowest BCUT2D eigenvalue weighted by Crippen LogP contribution is -2.38. The van der Waals surface area contributed by atoms with Gasteiger partial charge in [-0.2, -0.15) is 0 Å². The fraction of sp³-hybridized carbons (Fsp3) is 0.227. The summed E-state index contributed by atoms with van der Waals surface area (Å²) in [5.74, 6) is -0.613. The van der Waals surface area contributed by atoms with Crippen LogP contribution in [0.3, 0.4) is 0 Å². The van der Waals surface area contributed by atoms with Crippen LogP contribution >= 0.6 is 0 Å². The maximum absolute atomic E-state index is 13.7. The molecule has 0 radical (unpaired) electrons. The largest absolute Gasteiger partial charge is 0.372 e. The first-order valence-corrected chi connectivity index (χ1v) is 9.57. The van der Waals surface area contributed by atoms with E-state index in [-0.39, 0.29) is 24.0 Å². The summed E-state index contributed by atoms with van der Waals surface area (Å²) in [5, 5.41) is 8.98. The van der Waals surface area contributed by atoms with Crippen molar-refractivity contribution in [3.8, 4) is 11.3 Å². The smallest absolute Gasteiger partial charge is 0.273 e. The van der Waals surface area contributed by atoms with Gasteiger partial charge in [-0.25, -0.2) is 4.39 Å². The van der Waals surface area contributed by atoms with Gasteiger partial charge in [0, 0.05) is 31.8 Å². The van der Waals surface area contributed by atoms with E-state index >= 15 is 0 Å². The number of hydrogen-bond acceptors (Lipinski definition) is 5. The van der Waals surface area contributed by atoms with E-state index in [2.05, 4.69) is 15.8 Å². The first-order valence-electron chi connectivity index (χ1n) is 9.57. The van der Waals surface area contributed by atoms with E-state index in [9.17, 15) is 14.0 Å². The van der Waals surface area contributed by atoms with Crippen LogP contribution in [0.2, 0.25) is 0 Å². The van der Waals surface area contributed by atoms with Crippen LogP contribution in [0.5, 0.6) is 0 Å². The molecule has 8 heteroatoms. The van der Waals surface area contributed by atoms with Crippen LogP contribution in [-0.4, -0.2) is 43.7 Å². The number of nitrogens with zero attached hydrogens (tertiary/aromatic N) is 2. The molecule has 0 atom stereocenters. The third-order valence-corrected chi connectivity index (χ3v) is 4.47. The lowest BCUT2D eigenvalue weighted by Gasteiger charge is -2.19. The molecule has 2 aromatic carbocycles. The van der Waals surface area contributed by atoms with Crippen molar-refractivity contribution in [2.45, 2.75) is 6.42 Å². The van der Waals surface area contributed by atoms with E-state index in [1.165, 1.54) is 12.1 Å². The molecule has 30 heavy (non-hydrogen) atoms. The maximum atomic E-state index is 13.7. The first-order chi connectivity index (χ1) is 14.5. The van der Waals surface area contributed by atoms with Gasteiger partial charge in [0.2, 0.25) is 5.91 Å². The van der Waals surface area contributed by atoms with Crippen molar-refractivity contribution in [3.63, 3.8) is 0 Å². The summed E-state index contributed by atoms with van der Waals surface area (Å²) in [6.45, 7) is 0.819. The second kappa shape index (κ2) is 10.2. The topological polar surface area (TPSA) is 87.5 Å². The van der Waals surface area contributed by atoms with Gasteiger partial charge in [0.1, 0.15) is 5.82 Å². The number of carbonyl (C=O) groups excluding carboxylic acids is 2. The number of amides is 2. The van der Waals surface area contributed by atoms with E-state index in [4.69, 9.17) is 4.52 Å². The molecule has 0 fully saturated rings. The predicted molar refractivity (Wildman–Crippen MR) is 112 cm³/mol. The standard InChI is InChI=1S/C22H23FN4O3/c1-27(19-11-6-5-10-17(19)23)13-7-12-24-21(28)15-25-22(29)18-14-20(30-26-18)16-8-3-2-4-9-16/h2-6,8-11,14H,7,12-13,15H2,1H3,(H,24,28)(H,25,29). The highest BCUT2D eigenvalue weighted by Gasteiger charge is 2.14. The Morgan fingerprint density at radius 3 is 2.57 bits per heavy atom. The molecular formula is C22H23FN4O3. The van der Waals surface area contributed by atoms with Gasteiger partial charge in [0.15, 0.2) is 11.5 Å². The Hall–Kier alpha value is -3.68. The van der Waals surface area contributed by atoms with Crippen LogP contribution in [0.25, 0.3) is 11.3 Å². The Morgan fingerprint density at radius 1 is 1.07 bits per heavy atom. The van der Waals surface area contributed by atoms with Crippen molar-refractivity contribution in [1.29, 1.82) is 0 Å². The molecule has 0 aliphatic rings. The third kappa shape index (κ3) is 5.66. The van der Waals surface area contributed by atoms with Gasteiger partial charge >= 0.3 is 0 Å². The molecule has 1 heterocycles. The van der Waals surface area contributed by atoms with E-state index in [0.29, 0.717) is 31.0 Å². The molecule has 0 aliphatic carbocycles. The van der Waals surface area contributed by atoms with Crippen molar-refractivity contribution >= 4 is 17.5 Å². The van der Waals surface area contributed by atoms with E-state index in [1.54, 1.807) is 30.1 Å². The monoisotopic (exact) mass is 410 g/mol. The van der Waals surface area contributed by atoms with Crippen molar-refractivity contribution in [2.75, 3.05) is 31.6 Å². The molecule has 0 saturated heterocycles. The van der Waals surface area contributed by atoms with Gasteiger partial charge in [-0.15, -0.1) is 0 Å². The normalized spacial score (nSPS) is 10.5. The fourth-order valence-electron chi connectivity index (χ4n) is 2.86. The van der Waals surface area contributed by atoms with Crippen LogP contribution in [0, 0.1) is 5.82 Å². The van der Waals surface area contributed by atoms with Gasteiger partial charge in [-0.05, 0) is 18.6 Å². The quantitative estimate of drug-likeness (QED) is 0.530. The molecular weight excluding hydrogens is 387 g/mol. The molecule has 1 aromatic heterocycles. The van der Waals surface area contributed by atoms with Crippen LogP contribution in [-0.2, 0) is 4.79 Å². The Kier molecular flexibility index (Phi) is 7.15. The molecule has 7 nitrogen and oxygen atoms in total. The molecule has 0 aliphatic heterocycles. The maximum Gasteiger partial charge on any atom is 0.273 e. The lowest BCUT2D eigenvalue weighted by molar-refractivity contribution is -0.120. The number of anilines is 1. The van der Waals surface area contributed by atoms with Crippen molar-refractivity contribution < 1.29 is 18.5 Å². The van der Waals surface area contributed by atoms with Crippen LogP contribution in [0.1, 0.15) is 16.9 Å². The molecule has 3 rings (SSSR count). The number of carbonyl (C=O) groups is 2. The summed E-state index contributed by atoms with van der Waals surface area (Å²) in [7, 11) is 1.79. The van der Waals surface area contributed by atoms with Crippen LogP contribution in [0.4, 0.5) is 10.1 Å². The molecule has 0 unspecified atom stereocenters. The summed E-state index contributed by atoms with van der Waals surface area (Å²) in [6.07, 6.45) is 0.633. The second-order valence-corrected chi connectivity index (χ2v) is 6.70. The Balaban J connectivity index is 1.37. The summed E-state index contributed by atoms with van der Waals surface area (Å²) < 4.78 is 18.9. The highest BCUT2D eigenvalue weighted by molar-refractivity contribution is 5.95.